The molecule has 1 aliphatic rings. The lowest BCUT2D eigenvalue weighted by molar-refractivity contribution is -0.120. The molecule has 2 aromatic carbocycles. The summed E-state index contributed by atoms with van der Waals surface area (Å²) in [5, 5.41) is 6.08. The fraction of sp³-hybridized carbons (Fsp3) is 0.350. The van der Waals surface area contributed by atoms with Crippen molar-refractivity contribution in [2.24, 2.45) is 0 Å². The third-order valence-corrected chi connectivity index (χ3v) is 4.08. The molecule has 1 saturated heterocycles. The number of rotatable bonds is 7. The van der Waals surface area contributed by atoms with Crippen molar-refractivity contribution in [3.05, 3.63) is 65.7 Å². The monoisotopic (exact) mass is 376 g/mol. The predicted octanol–water partition coefficient (Wildman–Crippen LogP) is 2.79. The van der Waals surface area contributed by atoms with E-state index in [9.17, 15) is 4.79 Å². The van der Waals surface area contributed by atoms with Crippen LogP contribution in [0.1, 0.15) is 11.1 Å². The van der Waals surface area contributed by atoms with Crippen molar-refractivity contribution in [2.75, 3.05) is 31.7 Å². The van der Waals surface area contributed by atoms with Crippen LogP contribution in [0.4, 0.5) is 5.69 Å². The molecule has 1 aliphatic heterocycles. The lowest BCUT2D eigenvalue weighted by Crippen LogP contribution is -2.48. The molecule has 0 bridgehead atoms. The summed E-state index contributed by atoms with van der Waals surface area (Å²) in [6, 6.07) is 17.8. The number of halogens is 1. The Bertz CT molecular complexity index is 676. The predicted molar refractivity (Wildman–Crippen MR) is 105 cm³/mol. The number of anilines is 1. The molecule has 1 amide bonds. The number of nitrogens with one attached hydrogen (secondary N) is 2. The van der Waals surface area contributed by atoms with E-state index in [1.54, 1.807) is 0 Å². The maximum Gasteiger partial charge on any atom is 0.243 e. The summed E-state index contributed by atoms with van der Waals surface area (Å²) in [6.07, 6.45) is 0.893. The van der Waals surface area contributed by atoms with E-state index in [0.29, 0.717) is 33.0 Å². The van der Waals surface area contributed by atoms with Crippen molar-refractivity contribution in [1.82, 2.24) is 5.32 Å². The molecule has 1 heterocycles. The number of benzene rings is 2. The van der Waals surface area contributed by atoms with Gasteiger partial charge in [0.05, 0.1) is 26.4 Å². The molecule has 5 nitrogen and oxygen atoms in total. The van der Waals surface area contributed by atoms with Gasteiger partial charge in [0.1, 0.15) is 6.04 Å². The van der Waals surface area contributed by atoms with Gasteiger partial charge in [-0.25, -0.2) is 0 Å². The Kier molecular flexibility index (Phi) is 8.58. The summed E-state index contributed by atoms with van der Waals surface area (Å²) in [4.78, 5) is 12.2. The topological polar surface area (TPSA) is 59.6 Å². The molecule has 0 aliphatic carbocycles. The number of carbonyl (C=O) groups excluding carboxylic acids is 1. The highest BCUT2D eigenvalue weighted by molar-refractivity contribution is 5.95. The normalized spacial score (nSPS) is 16.5. The van der Waals surface area contributed by atoms with Gasteiger partial charge in [-0.15, -0.1) is 12.4 Å². The van der Waals surface area contributed by atoms with Crippen molar-refractivity contribution in [2.45, 2.75) is 19.1 Å². The summed E-state index contributed by atoms with van der Waals surface area (Å²) in [7, 11) is 0. The van der Waals surface area contributed by atoms with Gasteiger partial charge >= 0.3 is 0 Å². The smallest absolute Gasteiger partial charge is 0.243 e. The minimum Gasteiger partial charge on any atom is -0.378 e. The van der Waals surface area contributed by atoms with E-state index in [-0.39, 0.29) is 24.4 Å². The summed E-state index contributed by atoms with van der Waals surface area (Å²) in [5.41, 5.74) is 3.09. The lowest BCUT2D eigenvalue weighted by atomic mass is 10.1. The number of hydrogen-bond acceptors (Lipinski definition) is 4. The summed E-state index contributed by atoms with van der Waals surface area (Å²) < 4.78 is 11.1. The number of ether oxygens (including phenoxy) is 2. The fourth-order valence-electron chi connectivity index (χ4n) is 2.73. The molecule has 1 atom stereocenters. The third-order valence-electron chi connectivity index (χ3n) is 4.08. The highest BCUT2D eigenvalue weighted by atomic mass is 35.5. The molecule has 3 rings (SSSR count). The first-order valence-electron chi connectivity index (χ1n) is 8.64. The Labute approximate surface area is 160 Å². The number of hydrogen-bond donors (Lipinski definition) is 2. The molecule has 0 saturated carbocycles. The molecule has 6 heteroatoms. The SMILES string of the molecule is Cl.O=C(Nc1cccc(COCCc2ccccc2)c1)C1COCCN1. The summed E-state index contributed by atoms with van der Waals surface area (Å²) in [5.74, 6) is -0.0677. The van der Waals surface area contributed by atoms with Crippen LogP contribution >= 0.6 is 12.4 Å². The van der Waals surface area contributed by atoms with E-state index in [1.165, 1.54) is 5.56 Å². The number of morpholine rings is 1. The van der Waals surface area contributed by atoms with Gasteiger partial charge in [-0.05, 0) is 29.7 Å². The molecule has 26 heavy (non-hydrogen) atoms. The standard InChI is InChI=1S/C20H24N2O3.ClH/c23-20(19-15-25-12-10-21-19)22-18-8-4-7-17(13-18)14-24-11-9-16-5-2-1-3-6-16;/h1-8,13,19,21H,9-12,14-15H2,(H,22,23);1H. The Morgan fingerprint density at radius 3 is 2.73 bits per heavy atom. The second-order valence-corrected chi connectivity index (χ2v) is 6.06. The molecule has 0 radical (unpaired) electrons. The van der Waals surface area contributed by atoms with Gasteiger partial charge in [-0.3, -0.25) is 4.79 Å². The van der Waals surface area contributed by atoms with Gasteiger partial charge in [0.15, 0.2) is 0 Å². The Hall–Kier alpha value is -1.92. The Morgan fingerprint density at radius 2 is 1.96 bits per heavy atom. The maximum atomic E-state index is 12.2. The fourth-order valence-corrected chi connectivity index (χ4v) is 2.73. The van der Waals surface area contributed by atoms with Crippen molar-refractivity contribution < 1.29 is 14.3 Å². The molecule has 1 unspecified atom stereocenters. The third kappa shape index (κ3) is 6.42. The van der Waals surface area contributed by atoms with Crippen molar-refractivity contribution in [1.29, 1.82) is 0 Å². The van der Waals surface area contributed by atoms with Crippen LogP contribution in [0.5, 0.6) is 0 Å². The second kappa shape index (κ2) is 10.9. The van der Waals surface area contributed by atoms with E-state index in [0.717, 1.165) is 17.7 Å². The molecular weight excluding hydrogens is 352 g/mol. The molecular formula is C20H25ClN2O3. The van der Waals surface area contributed by atoms with E-state index in [2.05, 4.69) is 22.8 Å². The van der Waals surface area contributed by atoms with E-state index in [1.807, 2.05) is 42.5 Å². The zero-order valence-corrected chi connectivity index (χ0v) is 15.5. The van der Waals surface area contributed by atoms with E-state index < -0.39 is 0 Å². The molecule has 2 N–H and O–H groups in total. The summed E-state index contributed by atoms with van der Waals surface area (Å²) in [6.45, 7) is 2.96. The van der Waals surface area contributed by atoms with Gasteiger partial charge in [0.25, 0.3) is 0 Å². The number of carbonyl (C=O) groups is 1. The molecule has 0 spiro atoms. The van der Waals surface area contributed by atoms with Crippen LogP contribution in [0, 0.1) is 0 Å². The maximum absolute atomic E-state index is 12.2. The second-order valence-electron chi connectivity index (χ2n) is 6.06. The highest BCUT2D eigenvalue weighted by Crippen LogP contribution is 2.13. The zero-order valence-electron chi connectivity index (χ0n) is 14.6. The molecule has 1 fully saturated rings. The zero-order chi connectivity index (χ0) is 17.3. The van der Waals surface area contributed by atoms with E-state index in [4.69, 9.17) is 9.47 Å². The molecule has 0 aromatic heterocycles. The molecule has 140 valence electrons. The van der Waals surface area contributed by atoms with Crippen LogP contribution in [0.3, 0.4) is 0 Å². The quantitative estimate of drug-likeness (QED) is 0.729. The van der Waals surface area contributed by atoms with E-state index >= 15 is 0 Å². The van der Waals surface area contributed by atoms with Gasteiger partial charge in [0.2, 0.25) is 5.91 Å². The lowest BCUT2D eigenvalue weighted by Gasteiger charge is -2.23. The van der Waals surface area contributed by atoms with Crippen molar-refractivity contribution in [3.8, 4) is 0 Å². The average Bonchev–Trinajstić information content (AvgIpc) is 2.67. The first-order valence-corrected chi connectivity index (χ1v) is 8.64. The summed E-state index contributed by atoms with van der Waals surface area (Å²) >= 11 is 0. The highest BCUT2D eigenvalue weighted by Gasteiger charge is 2.21. The Morgan fingerprint density at radius 1 is 1.15 bits per heavy atom. The Balaban J connectivity index is 0.00000243. The van der Waals surface area contributed by atoms with Crippen molar-refractivity contribution >= 4 is 24.0 Å². The van der Waals surface area contributed by atoms with Crippen LogP contribution < -0.4 is 10.6 Å². The van der Waals surface area contributed by atoms with Crippen LogP contribution in [-0.4, -0.2) is 38.3 Å². The minimum atomic E-state index is -0.292. The van der Waals surface area contributed by atoms with Crippen LogP contribution in [-0.2, 0) is 27.3 Å². The minimum absolute atomic E-state index is 0. The first-order chi connectivity index (χ1) is 12.3. The molecule has 2 aromatic rings. The van der Waals surface area contributed by atoms with Gasteiger partial charge in [0, 0.05) is 12.2 Å². The van der Waals surface area contributed by atoms with Gasteiger partial charge in [-0.1, -0.05) is 42.5 Å². The number of amides is 1. The first kappa shape index (κ1) is 20.4. The van der Waals surface area contributed by atoms with Crippen LogP contribution in [0.2, 0.25) is 0 Å². The van der Waals surface area contributed by atoms with Gasteiger partial charge in [-0.2, -0.15) is 0 Å². The average molecular weight is 377 g/mol. The van der Waals surface area contributed by atoms with Crippen LogP contribution in [0.15, 0.2) is 54.6 Å². The van der Waals surface area contributed by atoms with Crippen LogP contribution in [0.25, 0.3) is 0 Å². The van der Waals surface area contributed by atoms with Gasteiger partial charge < -0.3 is 20.1 Å². The van der Waals surface area contributed by atoms with Crippen molar-refractivity contribution in [3.63, 3.8) is 0 Å². The largest absolute Gasteiger partial charge is 0.378 e.